The van der Waals surface area contributed by atoms with Gasteiger partial charge in [-0.2, -0.15) is 4.98 Å². The van der Waals surface area contributed by atoms with E-state index in [1.165, 1.54) is 0 Å². The van der Waals surface area contributed by atoms with Gasteiger partial charge in [-0.15, -0.1) is 5.10 Å². The van der Waals surface area contributed by atoms with Gasteiger partial charge in [-0.25, -0.2) is 4.68 Å². The molecule has 8 nitrogen and oxygen atoms in total. The number of fused-ring (bicyclic) bond motifs is 2. The van der Waals surface area contributed by atoms with Gasteiger partial charge >= 0.3 is 0 Å². The summed E-state index contributed by atoms with van der Waals surface area (Å²) in [6.45, 7) is 6.82. The van der Waals surface area contributed by atoms with Gasteiger partial charge in [-0.3, -0.25) is 4.79 Å². The number of thioether (sulfide) groups is 1. The van der Waals surface area contributed by atoms with Crippen LogP contribution in [0.5, 0.6) is 11.5 Å². The van der Waals surface area contributed by atoms with Crippen LogP contribution in [0.2, 0.25) is 5.02 Å². The first-order valence-corrected chi connectivity index (χ1v) is 12.3. The van der Waals surface area contributed by atoms with Crippen LogP contribution in [0, 0.1) is 6.92 Å². The van der Waals surface area contributed by atoms with Gasteiger partial charge in [0.15, 0.2) is 11.5 Å². The number of aryl methyl sites for hydroxylation is 1. The second-order valence-electron chi connectivity index (χ2n) is 7.98. The van der Waals surface area contributed by atoms with Crippen molar-refractivity contribution >= 4 is 40.9 Å². The summed E-state index contributed by atoms with van der Waals surface area (Å²) in [5.74, 6) is 2.51. The molecule has 0 radical (unpaired) electrons. The summed E-state index contributed by atoms with van der Waals surface area (Å²) in [5, 5.41) is 12.2. The van der Waals surface area contributed by atoms with Gasteiger partial charge in [0.25, 0.3) is 5.91 Å². The molecule has 2 aliphatic heterocycles. The Morgan fingerprint density at radius 1 is 1.21 bits per heavy atom. The number of nitrogens with zero attached hydrogens (tertiary/aromatic N) is 3. The first-order valence-electron chi connectivity index (χ1n) is 11.0. The Hall–Kier alpha value is -3.17. The Morgan fingerprint density at radius 2 is 2.00 bits per heavy atom. The number of carbonyl (C=O) groups is 1. The van der Waals surface area contributed by atoms with Crippen LogP contribution in [0.4, 0.5) is 11.6 Å². The predicted molar refractivity (Wildman–Crippen MR) is 133 cm³/mol. The van der Waals surface area contributed by atoms with Gasteiger partial charge < -0.3 is 20.1 Å². The van der Waals surface area contributed by atoms with Gasteiger partial charge in [0.05, 0.1) is 5.57 Å². The van der Waals surface area contributed by atoms with E-state index in [1.54, 1.807) is 22.5 Å². The van der Waals surface area contributed by atoms with Gasteiger partial charge in [-0.05, 0) is 55.0 Å². The van der Waals surface area contributed by atoms with Crippen molar-refractivity contribution in [2.45, 2.75) is 32.0 Å². The smallest absolute Gasteiger partial charge is 0.255 e. The molecule has 0 spiro atoms. The molecule has 3 aromatic rings. The number of benzene rings is 2. The van der Waals surface area contributed by atoms with Crippen LogP contribution in [-0.4, -0.2) is 39.6 Å². The molecule has 0 saturated carbocycles. The van der Waals surface area contributed by atoms with Crippen molar-refractivity contribution in [1.82, 2.24) is 14.8 Å². The van der Waals surface area contributed by atoms with Crippen LogP contribution in [0.1, 0.15) is 31.0 Å². The standard InChI is InChI=1S/C24H24ClN5O3S/c1-4-34-24-28-23-26-14(3)20(22(31)27-16-7-5-13(2)17(25)12-16)21(30(23)29-24)15-6-8-18-19(11-15)33-10-9-32-18/h5-8,11-12,21H,4,9-10H2,1-3H3,(H,27,31)(H,26,28,29). The highest BCUT2D eigenvalue weighted by molar-refractivity contribution is 7.99. The SMILES string of the molecule is CCSc1nc2n(n1)C(c1ccc3c(c1)OCCO3)C(C(=O)Nc1ccc(C)c(Cl)c1)=C(C)N2. The maximum absolute atomic E-state index is 13.6. The molecule has 5 rings (SSSR count). The zero-order chi connectivity index (χ0) is 23.8. The average Bonchev–Trinajstić information content (AvgIpc) is 3.22. The first kappa shape index (κ1) is 22.6. The van der Waals surface area contributed by atoms with Crippen LogP contribution >= 0.6 is 23.4 Å². The fourth-order valence-electron chi connectivity index (χ4n) is 4.02. The molecule has 2 aromatic carbocycles. The summed E-state index contributed by atoms with van der Waals surface area (Å²) in [7, 11) is 0. The lowest BCUT2D eigenvalue weighted by atomic mass is 9.94. The molecule has 0 saturated heterocycles. The summed E-state index contributed by atoms with van der Waals surface area (Å²) in [4.78, 5) is 18.2. The maximum atomic E-state index is 13.6. The second-order valence-corrected chi connectivity index (χ2v) is 9.62. The van der Waals surface area contributed by atoms with Crippen LogP contribution in [-0.2, 0) is 4.79 Å². The molecule has 3 heterocycles. The van der Waals surface area contributed by atoms with Crippen molar-refractivity contribution in [2.24, 2.45) is 0 Å². The largest absolute Gasteiger partial charge is 0.486 e. The van der Waals surface area contributed by atoms with E-state index in [2.05, 4.69) is 15.6 Å². The van der Waals surface area contributed by atoms with Crippen molar-refractivity contribution < 1.29 is 14.3 Å². The molecule has 176 valence electrons. The zero-order valence-corrected chi connectivity index (χ0v) is 20.6. The maximum Gasteiger partial charge on any atom is 0.255 e. The zero-order valence-electron chi connectivity index (χ0n) is 19.0. The Bertz CT molecular complexity index is 1310. The van der Waals surface area contributed by atoms with Crippen molar-refractivity contribution in [3.63, 3.8) is 0 Å². The van der Waals surface area contributed by atoms with E-state index in [-0.39, 0.29) is 5.91 Å². The molecule has 0 fully saturated rings. The molecule has 1 amide bonds. The van der Waals surface area contributed by atoms with Crippen molar-refractivity contribution in [2.75, 3.05) is 29.6 Å². The quantitative estimate of drug-likeness (QED) is 0.476. The number of nitrogens with one attached hydrogen (secondary N) is 2. The number of carbonyl (C=O) groups excluding carboxylic acids is 1. The van der Waals surface area contributed by atoms with Crippen LogP contribution in [0.3, 0.4) is 0 Å². The summed E-state index contributed by atoms with van der Waals surface area (Å²) < 4.78 is 13.3. The summed E-state index contributed by atoms with van der Waals surface area (Å²) in [6.07, 6.45) is 0. The number of rotatable bonds is 5. The lowest BCUT2D eigenvalue weighted by Gasteiger charge is -2.29. The molecule has 1 unspecified atom stereocenters. The minimum Gasteiger partial charge on any atom is -0.486 e. The minimum atomic E-state index is -0.508. The second kappa shape index (κ2) is 9.23. The normalized spacial score (nSPS) is 16.6. The van der Waals surface area contributed by atoms with Crippen molar-refractivity contribution in [1.29, 1.82) is 0 Å². The summed E-state index contributed by atoms with van der Waals surface area (Å²) in [5.41, 5.74) is 3.63. The Kier molecular flexibility index (Phi) is 6.14. The third kappa shape index (κ3) is 4.21. The summed E-state index contributed by atoms with van der Waals surface area (Å²) in [6, 6.07) is 10.7. The van der Waals surface area contributed by atoms with Crippen LogP contribution in [0.25, 0.3) is 0 Å². The third-order valence-corrected chi connectivity index (χ3v) is 6.79. The number of hydrogen-bond donors (Lipinski definition) is 2. The molecule has 2 N–H and O–H groups in total. The fourth-order valence-corrected chi connectivity index (χ4v) is 4.76. The van der Waals surface area contributed by atoms with Gasteiger partial charge in [0.1, 0.15) is 19.3 Å². The highest BCUT2D eigenvalue weighted by Crippen LogP contribution is 2.40. The highest BCUT2D eigenvalue weighted by atomic mass is 35.5. The minimum absolute atomic E-state index is 0.254. The number of halogens is 1. The molecule has 34 heavy (non-hydrogen) atoms. The number of hydrogen-bond acceptors (Lipinski definition) is 7. The van der Waals surface area contributed by atoms with E-state index in [1.807, 2.05) is 51.1 Å². The molecule has 1 atom stereocenters. The van der Waals surface area contributed by atoms with Crippen LogP contribution in [0.15, 0.2) is 52.8 Å². The first-order chi connectivity index (χ1) is 16.4. The highest BCUT2D eigenvalue weighted by Gasteiger charge is 2.35. The van der Waals surface area contributed by atoms with E-state index < -0.39 is 6.04 Å². The Morgan fingerprint density at radius 3 is 2.76 bits per heavy atom. The van der Waals surface area contributed by atoms with E-state index in [0.717, 1.165) is 16.9 Å². The van der Waals surface area contributed by atoms with Crippen molar-refractivity contribution in [3.05, 3.63) is 63.8 Å². The molecule has 2 aliphatic rings. The van der Waals surface area contributed by atoms with Gasteiger partial charge in [0.2, 0.25) is 11.1 Å². The monoisotopic (exact) mass is 497 g/mol. The lowest BCUT2D eigenvalue weighted by molar-refractivity contribution is -0.113. The van der Waals surface area contributed by atoms with Crippen LogP contribution < -0.4 is 20.1 Å². The Balaban J connectivity index is 1.57. The number of anilines is 2. The molecule has 10 heteroatoms. The van der Waals surface area contributed by atoms with Crippen molar-refractivity contribution in [3.8, 4) is 11.5 Å². The van der Waals surface area contributed by atoms with Gasteiger partial charge in [0, 0.05) is 16.4 Å². The molecule has 1 aromatic heterocycles. The number of aromatic nitrogens is 3. The van der Waals surface area contributed by atoms with E-state index >= 15 is 0 Å². The number of allylic oxidation sites excluding steroid dienone is 1. The van der Waals surface area contributed by atoms with E-state index in [0.29, 0.717) is 57.8 Å². The molecule has 0 aliphatic carbocycles. The number of amides is 1. The lowest BCUT2D eigenvalue weighted by Crippen LogP contribution is -2.31. The third-order valence-electron chi connectivity index (χ3n) is 5.66. The van der Waals surface area contributed by atoms with Gasteiger partial charge in [-0.1, -0.05) is 42.4 Å². The predicted octanol–water partition coefficient (Wildman–Crippen LogP) is 5.05. The van der Waals surface area contributed by atoms with E-state index in [4.69, 9.17) is 26.2 Å². The van der Waals surface area contributed by atoms with E-state index in [9.17, 15) is 4.79 Å². The number of ether oxygens (including phenoxy) is 2. The topological polar surface area (TPSA) is 90.3 Å². The fraction of sp³-hybridized carbons (Fsp3) is 0.292. The molecular formula is C24H24ClN5O3S. The average molecular weight is 498 g/mol. The molecular weight excluding hydrogens is 474 g/mol. The molecule has 0 bridgehead atoms. The summed E-state index contributed by atoms with van der Waals surface area (Å²) >= 11 is 7.82. The Labute approximate surface area is 206 Å².